The topological polar surface area (TPSA) is 107 Å². The molecule has 0 aromatic heterocycles. The molecule has 122 valence electrons. The van der Waals surface area contributed by atoms with Crippen LogP contribution in [-0.4, -0.2) is 51.7 Å². The molecule has 0 saturated heterocycles. The highest BCUT2D eigenvalue weighted by molar-refractivity contribution is 5.86. The lowest BCUT2D eigenvalue weighted by atomic mass is 10.1. The number of nitrogens with one attached hydrogen (secondary N) is 1. The van der Waals surface area contributed by atoms with Gasteiger partial charge in [0.05, 0.1) is 6.42 Å². The Kier molecular flexibility index (Phi) is 8.42. The van der Waals surface area contributed by atoms with E-state index in [0.29, 0.717) is 6.54 Å². The zero-order chi connectivity index (χ0) is 16.6. The van der Waals surface area contributed by atoms with Crippen molar-refractivity contribution in [2.24, 2.45) is 5.92 Å². The summed E-state index contributed by atoms with van der Waals surface area (Å²) in [4.78, 5) is 35.6. The molecule has 0 aromatic rings. The van der Waals surface area contributed by atoms with Crippen LogP contribution in [0.1, 0.15) is 47.0 Å². The van der Waals surface area contributed by atoms with Crippen LogP contribution in [-0.2, 0) is 9.59 Å². The van der Waals surface area contributed by atoms with Crippen LogP contribution < -0.4 is 5.32 Å². The molecule has 0 bridgehead atoms. The van der Waals surface area contributed by atoms with E-state index in [2.05, 4.69) is 5.32 Å². The molecule has 0 saturated carbocycles. The average molecular weight is 302 g/mol. The minimum Gasteiger partial charge on any atom is -0.481 e. The molecule has 0 unspecified atom stereocenters. The van der Waals surface area contributed by atoms with Crippen molar-refractivity contribution in [3.8, 4) is 0 Å². The number of hydrogen-bond acceptors (Lipinski definition) is 3. The van der Waals surface area contributed by atoms with Crippen molar-refractivity contribution in [1.82, 2.24) is 10.2 Å². The van der Waals surface area contributed by atoms with Gasteiger partial charge < -0.3 is 20.4 Å². The van der Waals surface area contributed by atoms with Gasteiger partial charge in [0.25, 0.3) is 0 Å². The second-order valence-electron chi connectivity index (χ2n) is 5.45. The molecule has 0 aliphatic heterocycles. The Hall–Kier alpha value is -1.79. The minimum atomic E-state index is -1.42. The average Bonchev–Trinajstić information content (AvgIpc) is 2.36. The van der Waals surface area contributed by atoms with Crippen LogP contribution in [0.4, 0.5) is 4.79 Å². The van der Waals surface area contributed by atoms with Gasteiger partial charge in [0.1, 0.15) is 6.04 Å². The van der Waals surface area contributed by atoms with Gasteiger partial charge in [-0.2, -0.15) is 0 Å². The Morgan fingerprint density at radius 1 is 1.10 bits per heavy atom. The van der Waals surface area contributed by atoms with Crippen molar-refractivity contribution in [2.45, 2.75) is 59.0 Å². The Morgan fingerprint density at radius 2 is 1.62 bits per heavy atom. The fourth-order valence-corrected chi connectivity index (χ4v) is 2.13. The summed E-state index contributed by atoms with van der Waals surface area (Å²) in [5.41, 5.74) is 0. The van der Waals surface area contributed by atoms with Crippen molar-refractivity contribution >= 4 is 18.0 Å². The monoisotopic (exact) mass is 302 g/mol. The first-order chi connectivity index (χ1) is 9.72. The normalized spacial score (nSPS) is 12.3. The summed E-state index contributed by atoms with van der Waals surface area (Å²) in [5.74, 6) is -2.38. The van der Waals surface area contributed by atoms with E-state index in [1.807, 2.05) is 27.7 Å². The number of aliphatic carboxylic acids is 2. The molecule has 1 atom stereocenters. The van der Waals surface area contributed by atoms with Crippen LogP contribution in [0.2, 0.25) is 0 Å². The highest BCUT2D eigenvalue weighted by Crippen LogP contribution is 2.12. The highest BCUT2D eigenvalue weighted by Gasteiger charge is 2.28. The van der Waals surface area contributed by atoms with E-state index >= 15 is 0 Å². The lowest BCUT2D eigenvalue weighted by molar-refractivity contribution is -0.145. The third-order valence-electron chi connectivity index (χ3n) is 3.18. The molecule has 0 fully saturated rings. The first-order valence-electron chi connectivity index (χ1n) is 7.24. The summed E-state index contributed by atoms with van der Waals surface area (Å²) < 4.78 is 0. The van der Waals surface area contributed by atoms with Gasteiger partial charge in [-0.25, -0.2) is 9.59 Å². The van der Waals surface area contributed by atoms with Crippen LogP contribution >= 0.6 is 0 Å². The Morgan fingerprint density at radius 3 is 1.95 bits per heavy atom. The van der Waals surface area contributed by atoms with Gasteiger partial charge in [-0.05, 0) is 18.8 Å². The third-order valence-corrected chi connectivity index (χ3v) is 3.18. The second kappa shape index (κ2) is 9.20. The summed E-state index contributed by atoms with van der Waals surface area (Å²) in [5, 5.41) is 20.0. The highest BCUT2D eigenvalue weighted by atomic mass is 16.4. The largest absolute Gasteiger partial charge is 0.481 e. The molecule has 7 heteroatoms. The van der Waals surface area contributed by atoms with Crippen molar-refractivity contribution in [1.29, 1.82) is 0 Å². The lowest BCUT2D eigenvalue weighted by Crippen LogP contribution is -2.52. The molecule has 2 amide bonds. The SMILES string of the molecule is CCC(CC)N(CC(C)C)C(=O)N[C@@H](CC(=O)O)C(=O)O. The van der Waals surface area contributed by atoms with E-state index in [0.717, 1.165) is 12.8 Å². The molecule has 0 heterocycles. The van der Waals surface area contributed by atoms with Gasteiger partial charge >= 0.3 is 18.0 Å². The van der Waals surface area contributed by atoms with Crippen molar-refractivity contribution in [3.63, 3.8) is 0 Å². The number of carboxylic acid groups (broad SMARTS) is 2. The number of hydrogen-bond donors (Lipinski definition) is 3. The van der Waals surface area contributed by atoms with Crippen molar-refractivity contribution in [3.05, 3.63) is 0 Å². The van der Waals surface area contributed by atoms with Gasteiger partial charge in [-0.15, -0.1) is 0 Å². The molecule has 0 aliphatic rings. The second-order valence-corrected chi connectivity index (χ2v) is 5.45. The maximum atomic E-state index is 12.3. The van der Waals surface area contributed by atoms with E-state index in [9.17, 15) is 14.4 Å². The fourth-order valence-electron chi connectivity index (χ4n) is 2.13. The number of carbonyl (C=O) groups excluding carboxylic acids is 1. The minimum absolute atomic E-state index is 0.00618. The predicted molar refractivity (Wildman–Crippen MR) is 78.1 cm³/mol. The zero-order valence-corrected chi connectivity index (χ0v) is 13.1. The van der Waals surface area contributed by atoms with Crippen LogP contribution in [0, 0.1) is 5.92 Å². The fraction of sp³-hybridized carbons (Fsp3) is 0.786. The summed E-state index contributed by atoms with van der Waals surface area (Å²) in [6.07, 6.45) is 0.875. The van der Waals surface area contributed by atoms with Gasteiger partial charge in [0.15, 0.2) is 0 Å². The number of amides is 2. The molecule has 7 nitrogen and oxygen atoms in total. The van der Waals surface area contributed by atoms with Crippen LogP contribution in [0.3, 0.4) is 0 Å². The molecule has 0 rings (SSSR count). The standard InChI is InChI=1S/C14H26N2O5/c1-5-10(6-2)16(8-9(3)4)14(21)15-11(13(19)20)7-12(17)18/h9-11H,5-8H2,1-4H3,(H,15,21)(H,17,18)(H,19,20)/t11-/m0/s1. The number of rotatable bonds is 9. The van der Waals surface area contributed by atoms with E-state index < -0.39 is 30.4 Å². The number of nitrogens with zero attached hydrogens (tertiary/aromatic N) is 1. The van der Waals surface area contributed by atoms with Crippen molar-refractivity contribution < 1.29 is 24.6 Å². The van der Waals surface area contributed by atoms with Gasteiger partial charge in [-0.3, -0.25) is 4.79 Å². The maximum absolute atomic E-state index is 12.3. The first-order valence-corrected chi connectivity index (χ1v) is 7.24. The van der Waals surface area contributed by atoms with Crippen LogP contribution in [0.25, 0.3) is 0 Å². The molecule has 3 N–H and O–H groups in total. The van der Waals surface area contributed by atoms with Crippen LogP contribution in [0.5, 0.6) is 0 Å². The number of carbonyl (C=O) groups is 3. The predicted octanol–water partition coefficient (Wildman–Crippen LogP) is 1.77. The van der Waals surface area contributed by atoms with E-state index in [1.165, 1.54) is 0 Å². The molecular weight excluding hydrogens is 276 g/mol. The first kappa shape index (κ1) is 19.2. The lowest BCUT2D eigenvalue weighted by Gasteiger charge is -2.33. The molecule has 0 aliphatic carbocycles. The van der Waals surface area contributed by atoms with Gasteiger partial charge in [0.2, 0.25) is 0 Å². The quantitative estimate of drug-likeness (QED) is 0.601. The van der Waals surface area contributed by atoms with E-state index in [1.54, 1.807) is 4.90 Å². The smallest absolute Gasteiger partial charge is 0.326 e. The Bertz CT molecular complexity index is 366. The summed E-state index contributed by atoms with van der Waals surface area (Å²) in [7, 11) is 0. The van der Waals surface area contributed by atoms with Gasteiger partial charge in [-0.1, -0.05) is 27.7 Å². The maximum Gasteiger partial charge on any atom is 0.326 e. The number of urea groups is 1. The van der Waals surface area contributed by atoms with E-state index in [-0.39, 0.29) is 12.0 Å². The molecule has 0 aromatic carbocycles. The number of carboxylic acids is 2. The zero-order valence-electron chi connectivity index (χ0n) is 13.1. The Balaban J connectivity index is 5.00. The summed E-state index contributed by atoms with van der Waals surface area (Å²) in [6, 6.07) is -1.93. The van der Waals surface area contributed by atoms with Crippen molar-refractivity contribution in [2.75, 3.05) is 6.54 Å². The van der Waals surface area contributed by atoms with E-state index in [4.69, 9.17) is 10.2 Å². The van der Waals surface area contributed by atoms with Crippen LogP contribution in [0.15, 0.2) is 0 Å². The molecule has 0 radical (unpaired) electrons. The molecular formula is C14H26N2O5. The third kappa shape index (κ3) is 6.97. The Labute approximate surface area is 125 Å². The summed E-state index contributed by atoms with van der Waals surface area (Å²) in [6.45, 7) is 8.35. The molecule has 21 heavy (non-hydrogen) atoms. The summed E-state index contributed by atoms with van der Waals surface area (Å²) >= 11 is 0. The molecule has 0 spiro atoms. The van der Waals surface area contributed by atoms with Gasteiger partial charge in [0, 0.05) is 12.6 Å².